The molecule has 2 aromatic rings. The van der Waals surface area contributed by atoms with Gasteiger partial charge < -0.3 is 10.4 Å². The number of benzene rings is 2. The molecular weight excluding hydrogens is 281 g/mol. The number of halogens is 2. The van der Waals surface area contributed by atoms with E-state index < -0.39 is 0 Å². The van der Waals surface area contributed by atoms with Crippen LogP contribution in [0.15, 0.2) is 42.5 Å². The van der Waals surface area contributed by atoms with E-state index in [4.69, 9.17) is 11.6 Å². The second-order valence-electron chi connectivity index (χ2n) is 4.26. The molecule has 0 aliphatic carbocycles. The van der Waals surface area contributed by atoms with Crippen molar-refractivity contribution in [2.75, 3.05) is 6.54 Å². The monoisotopic (exact) mass is 293 g/mol. The first-order chi connectivity index (χ1) is 9.58. The zero-order chi connectivity index (χ0) is 14.5. The summed E-state index contributed by atoms with van der Waals surface area (Å²) in [5.41, 5.74) is 0.901. The third-order valence-corrected chi connectivity index (χ3v) is 3.15. The summed E-state index contributed by atoms with van der Waals surface area (Å²) in [5.74, 6) is -0.674. The molecule has 0 spiro atoms. The number of carbonyl (C=O) groups is 1. The maximum absolute atomic E-state index is 13.4. The van der Waals surface area contributed by atoms with Gasteiger partial charge in [0.1, 0.15) is 11.6 Å². The van der Waals surface area contributed by atoms with Gasteiger partial charge in [-0.05, 0) is 36.2 Å². The van der Waals surface area contributed by atoms with Crippen LogP contribution in [-0.4, -0.2) is 17.6 Å². The van der Waals surface area contributed by atoms with E-state index in [1.807, 2.05) is 0 Å². The molecular formula is C15H13ClFNO2. The summed E-state index contributed by atoms with van der Waals surface area (Å²) < 4.78 is 13.4. The number of phenols is 1. The van der Waals surface area contributed by atoms with Gasteiger partial charge in [0.15, 0.2) is 0 Å². The van der Waals surface area contributed by atoms with E-state index in [9.17, 15) is 14.3 Å². The summed E-state index contributed by atoms with van der Waals surface area (Å²) in [5, 5.41) is 12.1. The standard InChI is InChI=1S/C15H13ClFNO2/c16-12-9-11(5-6-14(12)19)15(20)18-8-7-10-3-1-2-4-13(10)17/h1-6,9,19H,7-8H2,(H,18,20). The highest BCUT2D eigenvalue weighted by Gasteiger charge is 2.08. The minimum absolute atomic E-state index is 0.0745. The molecule has 0 unspecified atom stereocenters. The van der Waals surface area contributed by atoms with E-state index in [1.54, 1.807) is 18.2 Å². The van der Waals surface area contributed by atoms with Gasteiger partial charge in [0.05, 0.1) is 5.02 Å². The Hall–Kier alpha value is -2.07. The fourth-order valence-corrected chi connectivity index (χ4v) is 1.94. The Kier molecular flexibility index (Phi) is 4.58. The summed E-state index contributed by atoms with van der Waals surface area (Å²) in [6, 6.07) is 10.6. The number of carbonyl (C=O) groups excluding carboxylic acids is 1. The van der Waals surface area contributed by atoms with E-state index >= 15 is 0 Å². The van der Waals surface area contributed by atoms with Crippen molar-refractivity contribution in [1.82, 2.24) is 5.32 Å². The van der Waals surface area contributed by atoms with Gasteiger partial charge in [0, 0.05) is 12.1 Å². The molecule has 3 nitrogen and oxygen atoms in total. The van der Waals surface area contributed by atoms with Crippen LogP contribution in [0.4, 0.5) is 4.39 Å². The summed E-state index contributed by atoms with van der Waals surface area (Å²) in [4.78, 5) is 11.8. The van der Waals surface area contributed by atoms with Crippen molar-refractivity contribution in [3.05, 3.63) is 64.4 Å². The summed E-state index contributed by atoms with van der Waals surface area (Å²) in [7, 11) is 0. The first-order valence-electron chi connectivity index (χ1n) is 6.08. The largest absolute Gasteiger partial charge is 0.506 e. The fourth-order valence-electron chi connectivity index (χ4n) is 1.76. The van der Waals surface area contributed by atoms with Crippen molar-refractivity contribution in [2.45, 2.75) is 6.42 Å². The number of rotatable bonds is 4. The number of nitrogens with one attached hydrogen (secondary N) is 1. The molecule has 0 atom stereocenters. The van der Waals surface area contributed by atoms with Gasteiger partial charge in [0.2, 0.25) is 0 Å². The Morgan fingerprint density at radius 1 is 1.25 bits per heavy atom. The molecule has 0 saturated heterocycles. The van der Waals surface area contributed by atoms with Crippen LogP contribution in [0.5, 0.6) is 5.75 Å². The Balaban J connectivity index is 1.92. The molecule has 0 radical (unpaired) electrons. The lowest BCUT2D eigenvalue weighted by Crippen LogP contribution is -2.25. The first-order valence-corrected chi connectivity index (χ1v) is 6.46. The summed E-state index contributed by atoms with van der Waals surface area (Å²) in [6.45, 7) is 0.318. The minimum atomic E-state index is -0.316. The predicted octanol–water partition coefficient (Wildman–Crippen LogP) is 3.16. The van der Waals surface area contributed by atoms with Crippen LogP contribution in [0.1, 0.15) is 15.9 Å². The molecule has 2 rings (SSSR count). The van der Waals surface area contributed by atoms with E-state index in [1.165, 1.54) is 24.3 Å². The van der Waals surface area contributed by atoms with Crippen LogP contribution in [0.25, 0.3) is 0 Å². The lowest BCUT2D eigenvalue weighted by atomic mass is 10.1. The SMILES string of the molecule is O=C(NCCc1ccccc1F)c1ccc(O)c(Cl)c1. The molecule has 0 saturated carbocycles. The van der Waals surface area contributed by atoms with Gasteiger partial charge in [-0.2, -0.15) is 0 Å². The Bertz CT molecular complexity index is 631. The first kappa shape index (κ1) is 14.3. The van der Waals surface area contributed by atoms with E-state index in [0.29, 0.717) is 24.1 Å². The third kappa shape index (κ3) is 3.48. The molecule has 0 heterocycles. The molecule has 0 bridgehead atoms. The van der Waals surface area contributed by atoms with E-state index in [2.05, 4.69) is 5.32 Å². The van der Waals surface area contributed by atoms with Crippen molar-refractivity contribution >= 4 is 17.5 Å². The van der Waals surface area contributed by atoms with Gasteiger partial charge in [-0.15, -0.1) is 0 Å². The molecule has 1 amide bonds. The maximum atomic E-state index is 13.4. The number of aromatic hydroxyl groups is 1. The molecule has 104 valence electrons. The number of hydrogen-bond donors (Lipinski definition) is 2. The van der Waals surface area contributed by atoms with E-state index in [-0.39, 0.29) is 22.5 Å². The van der Waals surface area contributed by atoms with Crippen molar-refractivity contribution in [3.8, 4) is 5.75 Å². The van der Waals surface area contributed by atoms with Gasteiger partial charge >= 0.3 is 0 Å². The zero-order valence-corrected chi connectivity index (χ0v) is 11.3. The third-order valence-electron chi connectivity index (χ3n) is 2.85. The normalized spacial score (nSPS) is 10.3. The maximum Gasteiger partial charge on any atom is 0.251 e. The van der Waals surface area contributed by atoms with Gasteiger partial charge in [-0.3, -0.25) is 4.79 Å². The van der Waals surface area contributed by atoms with E-state index in [0.717, 1.165) is 0 Å². The fraction of sp³-hybridized carbons (Fsp3) is 0.133. The molecule has 0 aliphatic rings. The minimum Gasteiger partial charge on any atom is -0.506 e. The lowest BCUT2D eigenvalue weighted by Gasteiger charge is -2.07. The van der Waals surface area contributed by atoms with Crippen LogP contribution in [0.3, 0.4) is 0 Å². The van der Waals surface area contributed by atoms with Crippen molar-refractivity contribution < 1.29 is 14.3 Å². The van der Waals surface area contributed by atoms with Gasteiger partial charge in [-0.25, -0.2) is 4.39 Å². The average Bonchev–Trinajstić information content (AvgIpc) is 2.44. The lowest BCUT2D eigenvalue weighted by molar-refractivity contribution is 0.0954. The second-order valence-corrected chi connectivity index (χ2v) is 4.67. The molecule has 0 aromatic heterocycles. The van der Waals surface area contributed by atoms with Crippen molar-refractivity contribution in [3.63, 3.8) is 0 Å². The second kappa shape index (κ2) is 6.39. The Morgan fingerprint density at radius 3 is 2.70 bits per heavy atom. The van der Waals surface area contributed by atoms with Crippen LogP contribution in [-0.2, 0) is 6.42 Å². The van der Waals surface area contributed by atoms with Crippen LogP contribution in [0.2, 0.25) is 5.02 Å². The molecule has 0 fully saturated rings. The number of amides is 1. The van der Waals surface area contributed by atoms with Crippen LogP contribution >= 0.6 is 11.6 Å². The van der Waals surface area contributed by atoms with Crippen LogP contribution in [0, 0.1) is 5.82 Å². The highest BCUT2D eigenvalue weighted by atomic mass is 35.5. The summed E-state index contributed by atoms with van der Waals surface area (Å²) in [6.07, 6.45) is 0.407. The molecule has 2 N–H and O–H groups in total. The Labute approximate surface area is 121 Å². The van der Waals surface area contributed by atoms with Crippen molar-refractivity contribution in [1.29, 1.82) is 0 Å². The molecule has 0 aliphatic heterocycles. The highest BCUT2D eigenvalue weighted by Crippen LogP contribution is 2.23. The molecule has 20 heavy (non-hydrogen) atoms. The highest BCUT2D eigenvalue weighted by molar-refractivity contribution is 6.32. The summed E-state index contributed by atoms with van der Waals surface area (Å²) >= 11 is 5.73. The quantitative estimate of drug-likeness (QED) is 0.910. The average molecular weight is 294 g/mol. The smallest absolute Gasteiger partial charge is 0.251 e. The van der Waals surface area contributed by atoms with Crippen LogP contribution < -0.4 is 5.32 Å². The number of phenolic OH excluding ortho intramolecular Hbond substituents is 1. The number of hydrogen-bond acceptors (Lipinski definition) is 2. The van der Waals surface area contributed by atoms with Gasteiger partial charge in [0.25, 0.3) is 5.91 Å². The predicted molar refractivity (Wildman–Crippen MR) is 75.6 cm³/mol. The molecule has 2 aromatic carbocycles. The topological polar surface area (TPSA) is 49.3 Å². The van der Waals surface area contributed by atoms with Gasteiger partial charge in [-0.1, -0.05) is 29.8 Å². The zero-order valence-electron chi connectivity index (χ0n) is 10.6. The van der Waals surface area contributed by atoms with Crippen molar-refractivity contribution in [2.24, 2.45) is 0 Å². The Morgan fingerprint density at radius 2 is 2.00 bits per heavy atom. The molecule has 5 heteroatoms.